The van der Waals surface area contributed by atoms with Gasteiger partial charge in [-0.1, -0.05) is 0 Å². The molecule has 0 aromatic carbocycles. The third-order valence-electron chi connectivity index (χ3n) is 3.15. The van der Waals surface area contributed by atoms with Crippen molar-refractivity contribution in [1.29, 1.82) is 0 Å². The first-order valence-electron chi connectivity index (χ1n) is 4.40. The van der Waals surface area contributed by atoms with Crippen LogP contribution in [-0.2, 0) is 4.79 Å². The lowest BCUT2D eigenvalue weighted by atomic mass is 10.1. The lowest BCUT2D eigenvalue weighted by Gasteiger charge is -2.37. The molecule has 1 aliphatic carbocycles. The van der Waals surface area contributed by atoms with Crippen LogP contribution in [0.3, 0.4) is 0 Å². The average Bonchev–Trinajstić information content (AvgIpc) is 2.60. The lowest BCUT2D eigenvalue weighted by Crippen LogP contribution is -2.53. The Morgan fingerprint density at radius 3 is 2.58 bits per heavy atom. The van der Waals surface area contributed by atoms with Gasteiger partial charge in [0.2, 0.25) is 0 Å². The molecule has 2 atom stereocenters. The van der Waals surface area contributed by atoms with Crippen LogP contribution in [-0.4, -0.2) is 41.1 Å². The van der Waals surface area contributed by atoms with Crippen molar-refractivity contribution in [2.75, 3.05) is 19.6 Å². The standard InChI is InChI=1S/C8H14N2O2/c9-5-6-4-8(6,7(11)12)10-2-1-3-10/h6H,1-5,9H2,(H,11,12). The topological polar surface area (TPSA) is 66.6 Å². The van der Waals surface area contributed by atoms with Crippen molar-refractivity contribution in [2.24, 2.45) is 11.7 Å². The maximum Gasteiger partial charge on any atom is 0.324 e. The van der Waals surface area contributed by atoms with Gasteiger partial charge in [0.1, 0.15) is 5.54 Å². The van der Waals surface area contributed by atoms with E-state index in [1.54, 1.807) is 0 Å². The van der Waals surface area contributed by atoms with Crippen molar-refractivity contribution in [3.63, 3.8) is 0 Å². The number of nitrogens with two attached hydrogens (primary N) is 1. The molecule has 0 aromatic heterocycles. The van der Waals surface area contributed by atoms with E-state index in [1.165, 1.54) is 0 Å². The molecule has 0 amide bonds. The number of likely N-dealkylation sites (tertiary alicyclic amines) is 1. The number of rotatable bonds is 3. The van der Waals surface area contributed by atoms with Crippen molar-refractivity contribution in [3.05, 3.63) is 0 Å². The summed E-state index contributed by atoms with van der Waals surface area (Å²) in [6, 6.07) is 0. The fourth-order valence-electron chi connectivity index (χ4n) is 2.09. The number of hydrogen-bond donors (Lipinski definition) is 2. The van der Waals surface area contributed by atoms with Gasteiger partial charge in [-0.25, -0.2) is 0 Å². The first kappa shape index (κ1) is 8.01. The predicted molar refractivity (Wildman–Crippen MR) is 43.7 cm³/mol. The summed E-state index contributed by atoms with van der Waals surface area (Å²) >= 11 is 0. The summed E-state index contributed by atoms with van der Waals surface area (Å²) in [5.41, 5.74) is 4.91. The lowest BCUT2D eigenvalue weighted by molar-refractivity contribution is -0.147. The minimum atomic E-state index is -0.683. The second kappa shape index (κ2) is 2.44. The molecule has 0 radical (unpaired) electrons. The second-order valence-corrected chi connectivity index (χ2v) is 3.71. The molecular weight excluding hydrogens is 156 g/mol. The van der Waals surface area contributed by atoms with Gasteiger partial charge in [0.15, 0.2) is 0 Å². The van der Waals surface area contributed by atoms with Crippen molar-refractivity contribution < 1.29 is 9.90 Å². The number of carboxylic acids is 1. The van der Waals surface area contributed by atoms with E-state index in [0.29, 0.717) is 6.54 Å². The summed E-state index contributed by atoms with van der Waals surface area (Å²) in [6.45, 7) is 2.37. The van der Waals surface area contributed by atoms with Crippen molar-refractivity contribution in [3.8, 4) is 0 Å². The van der Waals surface area contributed by atoms with E-state index >= 15 is 0 Å². The maximum absolute atomic E-state index is 11.0. The molecule has 1 saturated heterocycles. The molecule has 1 aliphatic heterocycles. The van der Waals surface area contributed by atoms with Gasteiger partial charge >= 0.3 is 5.97 Å². The molecule has 2 unspecified atom stereocenters. The van der Waals surface area contributed by atoms with Gasteiger partial charge in [0.25, 0.3) is 0 Å². The Kier molecular flexibility index (Phi) is 1.63. The van der Waals surface area contributed by atoms with Gasteiger partial charge in [-0.05, 0) is 19.4 Å². The Morgan fingerprint density at radius 1 is 1.67 bits per heavy atom. The van der Waals surface area contributed by atoms with E-state index in [0.717, 1.165) is 25.9 Å². The summed E-state index contributed by atoms with van der Waals surface area (Å²) in [5, 5.41) is 9.04. The first-order chi connectivity index (χ1) is 5.71. The zero-order valence-electron chi connectivity index (χ0n) is 6.99. The van der Waals surface area contributed by atoms with Gasteiger partial charge in [-0.3, -0.25) is 9.69 Å². The Morgan fingerprint density at radius 2 is 2.33 bits per heavy atom. The molecule has 4 heteroatoms. The third-order valence-corrected chi connectivity index (χ3v) is 3.15. The number of nitrogens with zero attached hydrogens (tertiary/aromatic N) is 1. The van der Waals surface area contributed by atoms with Gasteiger partial charge in [0, 0.05) is 19.0 Å². The normalized spacial score (nSPS) is 40.6. The highest BCUT2D eigenvalue weighted by Crippen LogP contribution is 2.49. The fourth-order valence-corrected chi connectivity index (χ4v) is 2.09. The molecular formula is C8H14N2O2. The van der Waals surface area contributed by atoms with E-state index < -0.39 is 11.5 Å². The number of hydrogen-bond acceptors (Lipinski definition) is 3. The molecule has 0 aromatic rings. The van der Waals surface area contributed by atoms with Crippen molar-refractivity contribution in [2.45, 2.75) is 18.4 Å². The van der Waals surface area contributed by atoms with Gasteiger partial charge < -0.3 is 10.8 Å². The van der Waals surface area contributed by atoms with Gasteiger partial charge in [-0.15, -0.1) is 0 Å². The molecule has 1 saturated carbocycles. The second-order valence-electron chi connectivity index (χ2n) is 3.71. The van der Waals surface area contributed by atoms with Crippen LogP contribution >= 0.6 is 0 Å². The summed E-state index contributed by atoms with van der Waals surface area (Å²) in [7, 11) is 0. The molecule has 12 heavy (non-hydrogen) atoms. The van der Waals surface area contributed by atoms with E-state index in [2.05, 4.69) is 0 Å². The summed E-state index contributed by atoms with van der Waals surface area (Å²) < 4.78 is 0. The predicted octanol–water partition coefficient (Wildman–Crippen LogP) is -0.506. The van der Waals surface area contributed by atoms with Crippen LogP contribution in [0.15, 0.2) is 0 Å². The SMILES string of the molecule is NCC1CC1(C(=O)O)N1CCC1. The van der Waals surface area contributed by atoms with Crippen LogP contribution in [0.5, 0.6) is 0 Å². The Hall–Kier alpha value is -0.610. The number of carboxylic acid groups (broad SMARTS) is 1. The molecule has 68 valence electrons. The van der Waals surface area contributed by atoms with Crippen molar-refractivity contribution >= 4 is 5.97 Å². The average molecular weight is 170 g/mol. The first-order valence-corrected chi connectivity index (χ1v) is 4.40. The van der Waals surface area contributed by atoms with Crippen LogP contribution in [0.2, 0.25) is 0 Å². The number of aliphatic carboxylic acids is 1. The largest absolute Gasteiger partial charge is 0.480 e. The van der Waals surface area contributed by atoms with Gasteiger partial charge in [0.05, 0.1) is 0 Å². The third kappa shape index (κ3) is 0.820. The minimum absolute atomic E-state index is 0.190. The Bertz CT molecular complexity index is 215. The molecule has 2 aliphatic rings. The maximum atomic E-state index is 11.0. The summed E-state index contributed by atoms with van der Waals surface area (Å²) in [4.78, 5) is 13.0. The molecule has 3 N–H and O–H groups in total. The van der Waals surface area contributed by atoms with Gasteiger partial charge in [-0.2, -0.15) is 0 Å². The van der Waals surface area contributed by atoms with E-state index in [-0.39, 0.29) is 5.92 Å². The minimum Gasteiger partial charge on any atom is -0.480 e. The van der Waals surface area contributed by atoms with Crippen LogP contribution in [0, 0.1) is 5.92 Å². The molecule has 0 bridgehead atoms. The molecule has 2 rings (SSSR count). The summed E-state index contributed by atoms with van der Waals surface area (Å²) in [5.74, 6) is -0.493. The molecule has 0 spiro atoms. The highest BCUT2D eigenvalue weighted by molar-refractivity contribution is 5.83. The molecule has 1 heterocycles. The van der Waals surface area contributed by atoms with E-state index in [1.807, 2.05) is 4.90 Å². The smallest absolute Gasteiger partial charge is 0.324 e. The van der Waals surface area contributed by atoms with Crippen molar-refractivity contribution in [1.82, 2.24) is 4.90 Å². The highest BCUT2D eigenvalue weighted by atomic mass is 16.4. The quantitative estimate of drug-likeness (QED) is 0.599. The Labute approximate surface area is 71.3 Å². The Balaban J connectivity index is 2.09. The fraction of sp³-hybridized carbons (Fsp3) is 0.875. The van der Waals surface area contributed by atoms with Crippen LogP contribution < -0.4 is 5.73 Å². The van der Waals surface area contributed by atoms with E-state index in [4.69, 9.17) is 10.8 Å². The van der Waals surface area contributed by atoms with Crippen LogP contribution in [0.4, 0.5) is 0 Å². The molecule has 4 nitrogen and oxygen atoms in total. The highest BCUT2D eigenvalue weighted by Gasteiger charge is 2.64. The monoisotopic (exact) mass is 170 g/mol. The van der Waals surface area contributed by atoms with E-state index in [9.17, 15) is 4.79 Å². The van der Waals surface area contributed by atoms with Crippen LogP contribution in [0.1, 0.15) is 12.8 Å². The van der Waals surface area contributed by atoms with Crippen LogP contribution in [0.25, 0.3) is 0 Å². The summed E-state index contributed by atoms with van der Waals surface area (Å²) in [6.07, 6.45) is 1.88. The zero-order valence-corrected chi connectivity index (χ0v) is 6.99. The number of carbonyl (C=O) groups is 1. The zero-order chi connectivity index (χ0) is 8.77. The molecule has 2 fully saturated rings.